The Kier molecular flexibility index (Phi) is 7.33. The number of nitrogens with one attached hydrogen (secondary N) is 1. The third-order valence-electron chi connectivity index (χ3n) is 3.82. The zero-order chi connectivity index (χ0) is 20.0. The van der Waals surface area contributed by atoms with Crippen molar-refractivity contribution in [3.63, 3.8) is 0 Å². The molecule has 0 aliphatic carbocycles. The fourth-order valence-electron chi connectivity index (χ4n) is 2.52. The Morgan fingerprint density at radius 2 is 1.96 bits per heavy atom. The second-order valence-corrected chi connectivity index (χ2v) is 6.58. The lowest BCUT2D eigenvalue weighted by Gasteiger charge is -2.19. The molecule has 0 heterocycles. The van der Waals surface area contributed by atoms with Gasteiger partial charge in [0.2, 0.25) is 0 Å². The Bertz CT molecular complexity index is 842. The molecule has 6 nitrogen and oxygen atoms in total. The number of carbonyl (C=O) groups is 2. The number of rotatable bonds is 8. The normalized spacial score (nSPS) is 11.6. The number of carbonyl (C=O) groups excluding carboxylic acids is 2. The van der Waals surface area contributed by atoms with Gasteiger partial charge in [0.1, 0.15) is 0 Å². The fraction of sp³-hybridized carbons (Fsp3) is 0.263. The minimum Gasteiger partial charge on any atom is -0.493 e. The summed E-state index contributed by atoms with van der Waals surface area (Å²) in [6.07, 6.45) is 0.677. The monoisotopic (exact) mass is 410 g/mol. The van der Waals surface area contributed by atoms with Crippen LogP contribution in [0.5, 0.6) is 11.5 Å². The second kappa shape index (κ2) is 9.48. The van der Waals surface area contributed by atoms with Crippen molar-refractivity contribution < 1.29 is 19.1 Å². The van der Waals surface area contributed by atoms with Crippen molar-refractivity contribution in [1.82, 2.24) is 5.32 Å². The number of halogens is 2. The predicted octanol–water partition coefficient (Wildman–Crippen LogP) is 3.75. The average Bonchev–Trinajstić information content (AvgIpc) is 2.64. The molecular weight excluding hydrogens is 391 g/mol. The minimum absolute atomic E-state index is 0.136. The minimum atomic E-state index is -0.651. The first-order valence-electron chi connectivity index (χ1n) is 8.20. The van der Waals surface area contributed by atoms with E-state index >= 15 is 0 Å². The van der Waals surface area contributed by atoms with Gasteiger partial charge in [-0.3, -0.25) is 9.59 Å². The van der Waals surface area contributed by atoms with Gasteiger partial charge in [-0.2, -0.15) is 0 Å². The highest BCUT2D eigenvalue weighted by Gasteiger charge is 2.19. The quantitative estimate of drug-likeness (QED) is 0.692. The van der Waals surface area contributed by atoms with Gasteiger partial charge in [0.05, 0.1) is 18.2 Å². The van der Waals surface area contributed by atoms with Crippen LogP contribution in [0.25, 0.3) is 0 Å². The van der Waals surface area contributed by atoms with Crippen LogP contribution >= 0.6 is 23.2 Å². The lowest BCUT2D eigenvalue weighted by Crippen LogP contribution is -2.28. The Morgan fingerprint density at radius 1 is 1.22 bits per heavy atom. The van der Waals surface area contributed by atoms with Gasteiger partial charge in [-0.15, -0.1) is 0 Å². The Hall–Kier alpha value is -2.44. The van der Waals surface area contributed by atoms with Gasteiger partial charge in [-0.05, 0) is 36.2 Å². The van der Waals surface area contributed by atoms with E-state index in [2.05, 4.69) is 5.32 Å². The van der Waals surface area contributed by atoms with Gasteiger partial charge in [0.25, 0.3) is 11.8 Å². The first kappa shape index (κ1) is 20.9. The summed E-state index contributed by atoms with van der Waals surface area (Å²) in [6.45, 7) is 1.61. The molecule has 2 aromatic rings. The van der Waals surface area contributed by atoms with Crippen LogP contribution in [-0.4, -0.2) is 25.5 Å². The van der Waals surface area contributed by atoms with Crippen LogP contribution in [0, 0.1) is 0 Å². The molecule has 0 aliphatic rings. The maximum atomic E-state index is 12.7. The number of nitrogens with two attached hydrogens (primary N) is 1. The van der Waals surface area contributed by atoms with Crippen LogP contribution in [-0.2, 0) is 4.79 Å². The standard InChI is InChI=1S/C19H20Cl2N2O4/c1-3-15(11-5-4-6-13(20)7-11)23-19(25)12-8-14(21)18(16(9-12)26-2)27-10-17(22)24/h4-9,15H,3,10H2,1-2H3,(H2,22,24)(H,23,25). The molecule has 0 saturated heterocycles. The lowest BCUT2D eigenvalue weighted by atomic mass is 10.0. The SMILES string of the molecule is CCC(NC(=O)c1cc(Cl)c(OCC(N)=O)c(OC)c1)c1cccc(Cl)c1. The number of methoxy groups -OCH3 is 1. The van der Waals surface area contributed by atoms with Gasteiger partial charge in [-0.1, -0.05) is 42.3 Å². The second-order valence-electron chi connectivity index (χ2n) is 5.73. The molecule has 0 radical (unpaired) electrons. The molecule has 0 saturated carbocycles. The molecule has 0 bridgehead atoms. The molecule has 1 unspecified atom stereocenters. The summed E-state index contributed by atoms with van der Waals surface area (Å²) in [6, 6.07) is 10.0. The van der Waals surface area contributed by atoms with E-state index in [4.69, 9.17) is 38.4 Å². The fourth-order valence-corrected chi connectivity index (χ4v) is 2.98. The van der Waals surface area contributed by atoms with E-state index in [1.807, 2.05) is 25.1 Å². The highest BCUT2D eigenvalue weighted by atomic mass is 35.5. The summed E-state index contributed by atoms with van der Waals surface area (Å²) in [7, 11) is 1.41. The highest BCUT2D eigenvalue weighted by molar-refractivity contribution is 6.32. The summed E-state index contributed by atoms with van der Waals surface area (Å²) in [5, 5.41) is 3.68. The number of primary amides is 1. The molecule has 2 aromatic carbocycles. The van der Waals surface area contributed by atoms with Gasteiger partial charge < -0.3 is 20.5 Å². The molecule has 0 aromatic heterocycles. The van der Waals surface area contributed by atoms with Gasteiger partial charge in [0, 0.05) is 10.6 Å². The summed E-state index contributed by atoms with van der Waals surface area (Å²) < 4.78 is 10.5. The molecule has 0 fully saturated rings. The van der Waals surface area contributed by atoms with Crippen LogP contribution in [0.3, 0.4) is 0 Å². The van der Waals surface area contributed by atoms with Gasteiger partial charge in [0.15, 0.2) is 18.1 Å². The maximum absolute atomic E-state index is 12.7. The lowest BCUT2D eigenvalue weighted by molar-refractivity contribution is -0.119. The van der Waals surface area contributed by atoms with Crippen molar-refractivity contribution in [3.8, 4) is 11.5 Å². The number of benzene rings is 2. The van der Waals surface area contributed by atoms with Crippen molar-refractivity contribution >= 4 is 35.0 Å². The number of hydrogen-bond donors (Lipinski definition) is 2. The molecule has 27 heavy (non-hydrogen) atoms. The predicted molar refractivity (Wildman–Crippen MR) is 105 cm³/mol. The largest absolute Gasteiger partial charge is 0.493 e. The van der Waals surface area contributed by atoms with Crippen LogP contribution in [0.1, 0.15) is 35.3 Å². The van der Waals surface area contributed by atoms with E-state index in [-0.39, 0.29) is 35.1 Å². The molecule has 8 heteroatoms. The first-order valence-corrected chi connectivity index (χ1v) is 8.96. The molecule has 3 N–H and O–H groups in total. The van der Waals surface area contributed by atoms with Crippen LogP contribution < -0.4 is 20.5 Å². The van der Waals surface area contributed by atoms with Crippen molar-refractivity contribution in [2.75, 3.05) is 13.7 Å². The Labute approximate surface area is 167 Å². The van der Waals surface area contributed by atoms with Crippen molar-refractivity contribution in [1.29, 1.82) is 0 Å². The smallest absolute Gasteiger partial charge is 0.255 e. The van der Waals surface area contributed by atoms with Crippen molar-refractivity contribution in [2.24, 2.45) is 5.73 Å². The van der Waals surface area contributed by atoms with Crippen LogP contribution in [0.2, 0.25) is 10.0 Å². The third-order valence-corrected chi connectivity index (χ3v) is 4.33. The average molecular weight is 411 g/mol. The van der Waals surface area contributed by atoms with Gasteiger partial charge in [-0.25, -0.2) is 0 Å². The molecule has 2 rings (SSSR count). The zero-order valence-corrected chi connectivity index (χ0v) is 16.4. The molecule has 2 amide bonds. The summed E-state index contributed by atoms with van der Waals surface area (Å²) in [4.78, 5) is 23.6. The zero-order valence-electron chi connectivity index (χ0n) is 14.9. The van der Waals surface area contributed by atoms with Crippen molar-refractivity contribution in [2.45, 2.75) is 19.4 Å². The number of ether oxygens (including phenoxy) is 2. The summed E-state index contributed by atoms with van der Waals surface area (Å²) >= 11 is 12.2. The van der Waals surface area contributed by atoms with E-state index in [0.717, 1.165) is 5.56 Å². The Morgan fingerprint density at radius 3 is 2.56 bits per heavy atom. The molecule has 0 aliphatic heterocycles. The third kappa shape index (κ3) is 5.52. The first-order chi connectivity index (χ1) is 12.8. The molecule has 0 spiro atoms. The van der Waals surface area contributed by atoms with E-state index < -0.39 is 5.91 Å². The van der Waals surface area contributed by atoms with E-state index in [0.29, 0.717) is 17.0 Å². The topological polar surface area (TPSA) is 90.6 Å². The van der Waals surface area contributed by atoms with Gasteiger partial charge >= 0.3 is 0 Å². The molecular formula is C19H20Cl2N2O4. The van der Waals surface area contributed by atoms with E-state index in [1.165, 1.54) is 19.2 Å². The highest BCUT2D eigenvalue weighted by Crippen LogP contribution is 2.36. The van der Waals surface area contributed by atoms with Crippen LogP contribution in [0.4, 0.5) is 0 Å². The number of amides is 2. The van der Waals surface area contributed by atoms with Crippen molar-refractivity contribution in [3.05, 3.63) is 57.6 Å². The van der Waals surface area contributed by atoms with Crippen LogP contribution in [0.15, 0.2) is 36.4 Å². The summed E-state index contributed by atoms with van der Waals surface area (Å²) in [5.74, 6) is -0.605. The summed E-state index contributed by atoms with van der Waals surface area (Å²) in [5.41, 5.74) is 6.27. The number of hydrogen-bond acceptors (Lipinski definition) is 4. The van der Waals surface area contributed by atoms with E-state index in [9.17, 15) is 9.59 Å². The maximum Gasteiger partial charge on any atom is 0.255 e. The van der Waals surface area contributed by atoms with E-state index in [1.54, 1.807) is 6.07 Å². The molecule has 1 atom stereocenters. The molecule has 144 valence electrons. The Balaban J connectivity index is 2.24.